The highest BCUT2D eigenvalue weighted by molar-refractivity contribution is 5.15. The van der Waals surface area contributed by atoms with Crippen LogP contribution in [0.2, 0.25) is 0 Å². The van der Waals surface area contributed by atoms with Gasteiger partial charge in [-0.25, -0.2) is 0 Å². The molecule has 1 aliphatic rings. The summed E-state index contributed by atoms with van der Waals surface area (Å²) in [5.41, 5.74) is -0.320. The number of aliphatic hydroxyl groups excluding tert-OH is 2. The van der Waals surface area contributed by atoms with Gasteiger partial charge in [0.15, 0.2) is 0 Å². The molecule has 0 unspecified atom stereocenters. The summed E-state index contributed by atoms with van der Waals surface area (Å²) < 4.78 is 0. The first-order chi connectivity index (χ1) is 7.51. The van der Waals surface area contributed by atoms with E-state index >= 15 is 0 Å². The third-order valence-corrected chi connectivity index (χ3v) is 3.19. The second-order valence-corrected chi connectivity index (χ2v) is 4.47. The van der Waals surface area contributed by atoms with Crippen LogP contribution in [-0.4, -0.2) is 44.7 Å². The van der Waals surface area contributed by atoms with Gasteiger partial charge >= 0.3 is 0 Å². The summed E-state index contributed by atoms with van der Waals surface area (Å²) >= 11 is 0. The van der Waals surface area contributed by atoms with Crippen molar-refractivity contribution in [1.29, 1.82) is 0 Å². The number of hydrogen-bond acceptors (Lipinski definition) is 4. The van der Waals surface area contributed by atoms with E-state index in [-0.39, 0.29) is 6.54 Å². The van der Waals surface area contributed by atoms with E-state index in [4.69, 9.17) is 0 Å². The Bertz CT molecular complexity index is 353. The van der Waals surface area contributed by atoms with Gasteiger partial charge in [-0.05, 0) is 12.5 Å². The maximum Gasteiger partial charge on any atom is 0.144 e. The fourth-order valence-electron chi connectivity index (χ4n) is 2.09. The van der Waals surface area contributed by atoms with Crippen LogP contribution < -0.4 is 0 Å². The van der Waals surface area contributed by atoms with E-state index in [1.165, 1.54) is 6.92 Å². The van der Waals surface area contributed by atoms with Gasteiger partial charge in [-0.3, -0.25) is 4.90 Å². The second-order valence-electron chi connectivity index (χ2n) is 4.47. The van der Waals surface area contributed by atoms with Crippen LogP contribution in [-0.2, 0) is 6.54 Å². The molecule has 16 heavy (non-hydrogen) atoms. The van der Waals surface area contributed by atoms with E-state index in [1.54, 1.807) is 4.90 Å². The molecule has 0 amide bonds. The van der Waals surface area contributed by atoms with Crippen molar-refractivity contribution in [3.8, 4) is 0 Å². The molecule has 4 heteroatoms. The number of nitrogens with zero attached hydrogens (tertiary/aromatic N) is 1. The van der Waals surface area contributed by atoms with Crippen LogP contribution in [0.25, 0.3) is 0 Å². The Morgan fingerprint density at radius 2 is 1.94 bits per heavy atom. The molecule has 0 bridgehead atoms. The maximum atomic E-state index is 10.1. The van der Waals surface area contributed by atoms with Crippen LogP contribution in [0.15, 0.2) is 30.3 Å². The summed E-state index contributed by atoms with van der Waals surface area (Å²) in [5, 5.41) is 29.2. The lowest BCUT2D eigenvalue weighted by Gasteiger charge is -2.31. The SMILES string of the molecule is C[C@@]1(O)[C@H](O)[C@H](O)CN1Cc1ccccc1. The van der Waals surface area contributed by atoms with Crippen molar-refractivity contribution in [2.45, 2.75) is 31.4 Å². The van der Waals surface area contributed by atoms with Crippen LogP contribution in [0.5, 0.6) is 0 Å². The van der Waals surface area contributed by atoms with E-state index in [0.29, 0.717) is 6.54 Å². The molecule has 2 rings (SSSR count). The van der Waals surface area contributed by atoms with E-state index in [9.17, 15) is 15.3 Å². The predicted molar refractivity (Wildman–Crippen MR) is 59.5 cm³/mol. The lowest BCUT2D eigenvalue weighted by Crippen LogP contribution is -2.48. The number of hydrogen-bond donors (Lipinski definition) is 3. The first kappa shape index (κ1) is 11.5. The number of aliphatic hydroxyl groups is 3. The Morgan fingerprint density at radius 1 is 1.31 bits per heavy atom. The zero-order chi connectivity index (χ0) is 11.8. The molecular formula is C12H17NO3. The van der Waals surface area contributed by atoms with E-state index in [0.717, 1.165) is 5.56 Å². The monoisotopic (exact) mass is 223 g/mol. The minimum Gasteiger partial charge on any atom is -0.389 e. The summed E-state index contributed by atoms with van der Waals surface area (Å²) in [6.07, 6.45) is -2.00. The molecule has 3 atom stereocenters. The smallest absolute Gasteiger partial charge is 0.144 e. The zero-order valence-corrected chi connectivity index (χ0v) is 9.24. The highest BCUT2D eigenvalue weighted by atomic mass is 16.4. The van der Waals surface area contributed by atoms with Gasteiger partial charge in [-0.1, -0.05) is 30.3 Å². The van der Waals surface area contributed by atoms with Crippen LogP contribution in [0.4, 0.5) is 0 Å². The van der Waals surface area contributed by atoms with Gasteiger partial charge in [0.2, 0.25) is 0 Å². The third-order valence-electron chi connectivity index (χ3n) is 3.19. The molecule has 1 heterocycles. The zero-order valence-electron chi connectivity index (χ0n) is 9.24. The highest BCUT2D eigenvalue weighted by Gasteiger charge is 2.48. The van der Waals surface area contributed by atoms with Gasteiger partial charge in [0.1, 0.15) is 11.8 Å². The number of β-amino-alcohol motifs (C(OH)–C–C–N with tert-alkyl or cyclic N) is 1. The van der Waals surface area contributed by atoms with Crippen molar-refractivity contribution < 1.29 is 15.3 Å². The molecule has 0 radical (unpaired) electrons. The molecule has 3 N–H and O–H groups in total. The lowest BCUT2D eigenvalue weighted by atomic mass is 10.1. The van der Waals surface area contributed by atoms with Crippen LogP contribution in [0.3, 0.4) is 0 Å². The minimum atomic E-state index is -1.37. The predicted octanol–water partition coefficient (Wildman–Crippen LogP) is -0.0675. The Morgan fingerprint density at radius 3 is 2.44 bits per heavy atom. The van der Waals surface area contributed by atoms with Crippen LogP contribution in [0.1, 0.15) is 12.5 Å². The van der Waals surface area contributed by atoms with Crippen LogP contribution >= 0.6 is 0 Å². The van der Waals surface area contributed by atoms with E-state index in [2.05, 4.69) is 0 Å². The van der Waals surface area contributed by atoms with Gasteiger partial charge in [0, 0.05) is 13.1 Å². The highest BCUT2D eigenvalue weighted by Crippen LogP contribution is 2.28. The molecule has 88 valence electrons. The Kier molecular flexibility index (Phi) is 2.99. The Labute approximate surface area is 94.8 Å². The average molecular weight is 223 g/mol. The van der Waals surface area contributed by atoms with Gasteiger partial charge in [0.25, 0.3) is 0 Å². The van der Waals surface area contributed by atoms with Crippen molar-refractivity contribution in [2.75, 3.05) is 6.54 Å². The standard InChI is InChI=1S/C12H17NO3/c1-12(16)11(15)10(14)8-13(12)7-9-5-3-2-4-6-9/h2-6,10-11,14-16H,7-8H2,1H3/t10-,11-,12-/m1/s1. The van der Waals surface area contributed by atoms with Crippen molar-refractivity contribution in [2.24, 2.45) is 0 Å². The van der Waals surface area contributed by atoms with Gasteiger partial charge in [0.05, 0.1) is 6.10 Å². The molecule has 1 aliphatic heterocycles. The molecular weight excluding hydrogens is 206 g/mol. The normalized spacial score (nSPS) is 35.5. The lowest BCUT2D eigenvalue weighted by molar-refractivity contribution is -0.139. The average Bonchev–Trinajstić information content (AvgIpc) is 2.45. The van der Waals surface area contributed by atoms with Crippen LogP contribution in [0, 0.1) is 0 Å². The van der Waals surface area contributed by atoms with Crippen molar-refractivity contribution in [1.82, 2.24) is 4.90 Å². The summed E-state index contributed by atoms with van der Waals surface area (Å²) in [4.78, 5) is 1.68. The van der Waals surface area contributed by atoms with Gasteiger partial charge in [-0.15, -0.1) is 0 Å². The molecule has 0 spiro atoms. The number of rotatable bonds is 2. The molecule has 0 saturated carbocycles. The number of likely N-dealkylation sites (tertiary alicyclic amines) is 1. The van der Waals surface area contributed by atoms with E-state index < -0.39 is 17.9 Å². The summed E-state index contributed by atoms with van der Waals surface area (Å²) in [6, 6.07) is 9.68. The molecule has 1 aromatic carbocycles. The van der Waals surface area contributed by atoms with Gasteiger partial charge in [-0.2, -0.15) is 0 Å². The molecule has 0 aliphatic carbocycles. The second kappa shape index (κ2) is 4.14. The van der Waals surface area contributed by atoms with Crippen molar-refractivity contribution >= 4 is 0 Å². The van der Waals surface area contributed by atoms with Crippen molar-refractivity contribution in [3.05, 3.63) is 35.9 Å². The fourth-order valence-corrected chi connectivity index (χ4v) is 2.09. The number of benzene rings is 1. The minimum absolute atomic E-state index is 0.281. The molecule has 1 aromatic rings. The maximum absolute atomic E-state index is 10.1. The molecule has 1 fully saturated rings. The Hall–Kier alpha value is -0.940. The summed E-state index contributed by atoms with van der Waals surface area (Å²) in [6.45, 7) is 2.32. The third kappa shape index (κ3) is 1.97. The first-order valence-electron chi connectivity index (χ1n) is 5.39. The molecule has 0 aromatic heterocycles. The molecule has 4 nitrogen and oxygen atoms in total. The van der Waals surface area contributed by atoms with Gasteiger partial charge < -0.3 is 15.3 Å². The molecule has 1 saturated heterocycles. The van der Waals surface area contributed by atoms with Crippen molar-refractivity contribution in [3.63, 3.8) is 0 Å². The summed E-state index contributed by atoms with van der Waals surface area (Å²) in [5.74, 6) is 0. The quantitative estimate of drug-likeness (QED) is 0.657. The van der Waals surface area contributed by atoms with E-state index in [1.807, 2.05) is 30.3 Å². The summed E-state index contributed by atoms with van der Waals surface area (Å²) in [7, 11) is 0. The first-order valence-corrected chi connectivity index (χ1v) is 5.39. The fraction of sp³-hybridized carbons (Fsp3) is 0.500. The largest absolute Gasteiger partial charge is 0.389 e. The Balaban J connectivity index is 2.12. The topological polar surface area (TPSA) is 63.9 Å².